The molecule has 4 rings (SSSR count). The fourth-order valence-corrected chi connectivity index (χ4v) is 2.76. The van der Waals surface area contributed by atoms with Crippen molar-refractivity contribution in [2.45, 2.75) is 12.8 Å². The van der Waals surface area contributed by atoms with E-state index in [-0.39, 0.29) is 11.7 Å². The molecular formula is C16H14N4O2. The lowest BCUT2D eigenvalue weighted by Crippen LogP contribution is -2.10. The van der Waals surface area contributed by atoms with E-state index in [1.165, 1.54) is 4.68 Å². The van der Waals surface area contributed by atoms with Gasteiger partial charge in [0.1, 0.15) is 16.7 Å². The summed E-state index contributed by atoms with van der Waals surface area (Å²) >= 11 is 0. The normalized spacial score (nSPS) is 13.9. The second-order valence-electron chi connectivity index (χ2n) is 5.30. The molecule has 0 amide bonds. The zero-order chi connectivity index (χ0) is 15.3. The van der Waals surface area contributed by atoms with Crippen molar-refractivity contribution in [1.29, 1.82) is 0 Å². The molecule has 1 aliphatic carbocycles. The minimum Gasteiger partial charge on any atom is -0.494 e. The van der Waals surface area contributed by atoms with E-state index in [2.05, 4.69) is 10.1 Å². The second-order valence-corrected chi connectivity index (χ2v) is 5.30. The number of allylic oxidation sites excluding steroid dienone is 2. The SMILES string of the molecule is Nc1c2c(=O)[nH]c(O)c(C3=CCC3)c2nn1-c1ccccc1. The summed E-state index contributed by atoms with van der Waals surface area (Å²) in [7, 11) is 0. The predicted octanol–water partition coefficient (Wildman–Crippen LogP) is 2.18. The maximum atomic E-state index is 12.2. The largest absolute Gasteiger partial charge is 0.494 e. The molecule has 0 fully saturated rings. The van der Waals surface area contributed by atoms with E-state index in [0.29, 0.717) is 16.5 Å². The first-order chi connectivity index (χ1) is 10.7. The third-order valence-corrected chi connectivity index (χ3v) is 3.98. The Kier molecular flexibility index (Phi) is 2.59. The quantitative estimate of drug-likeness (QED) is 0.675. The monoisotopic (exact) mass is 294 g/mol. The van der Waals surface area contributed by atoms with E-state index < -0.39 is 5.56 Å². The highest BCUT2D eigenvalue weighted by Crippen LogP contribution is 2.38. The molecule has 2 heterocycles. The molecule has 3 aromatic rings. The predicted molar refractivity (Wildman–Crippen MR) is 85.0 cm³/mol. The minimum absolute atomic E-state index is 0.152. The van der Waals surface area contributed by atoms with Crippen molar-refractivity contribution < 1.29 is 5.11 Å². The van der Waals surface area contributed by atoms with Gasteiger partial charge < -0.3 is 10.8 Å². The first kappa shape index (κ1) is 12.7. The summed E-state index contributed by atoms with van der Waals surface area (Å²) in [6, 6.07) is 9.36. The van der Waals surface area contributed by atoms with Gasteiger partial charge in [-0.15, -0.1) is 0 Å². The number of hydrogen-bond acceptors (Lipinski definition) is 4. The highest BCUT2D eigenvalue weighted by atomic mass is 16.3. The first-order valence-corrected chi connectivity index (χ1v) is 7.05. The maximum Gasteiger partial charge on any atom is 0.264 e. The highest BCUT2D eigenvalue weighted by molar-refractivity contribution is 5.98. The number of hydrogen-bond donors (Lipinski definition) is 3. The lowest BCUT2D eigenvalue weighted by atomic mass is 9.91. The number of nitrogens with one attached hydrogen (secondary N) is 1. The fourth-order valence-electron chi connectivity index (χ4n) is 2.76. The van der Waals surface area contributed by atoms with Gasteiger partial charge in [0.2, 0.25) is 5.88 Å². The molecule has 0 saturated heterocycles. The van der Waals surface area contributed by atoms with Gasteiger partial charge in [0.15, 0.2) is 0 Å². The molecule has 0 radical (unpaired) electrons. The Morgan fingerprint density at radius 1 is 1.27 bits per heavy atom. The zero-order valence-corrected chi connectivity index (χ0v) is 11.7. The van der Waals surface area contributed by atoms with Crippen LogP contribution in [0.3, 0.4) is 0 Å². The number of nitrogen functional groups attached to an aromatic ring is 1. The van der Waals surface area contributed by atoms with E-state index in [1.807, 2.05) is 36.4 Å². The van der Waals surface area contributed by atoms with Crippen LogP contribution < -0.4 is 11.3 Å². The van der Waals surface area contributed by atoms with Crippen LogP contribution >= 0.6 is 0 Å². The number of aromatic nitrogens is 3. The molecule has 1 aromatic carbocycles. The van der Waals surface area contributed by atoms with E-state index in [1.54, 1.807) is 0 Å². The number of fused-ring (bicyclic) bond motifs is 1. The van der Waals surface area contributed by atoms with Crippen LogP contribution in [-0.2, 0) is 0 Å². The number of benzene rings is 1. The third-order valence-electron chi connectivity index (χ3n) is 3.98. The lowest BCUT2D eigenvalue weighted by Gasteiger charge is -2.15. The molecule has 6 heteroatoms. The van der Waals surface area contributed by atoms with Gasteiger partial charge in [0.25, 0.3) is 5.56 Å². The first-order valence-electron chi connectivity index (χ1n) is 7.05. The van der Waals surface area contributed by atoms with Gasteiger partial charge in [-0.1, -0.05) is 24.3 Å². The van der Waals surface area contributed by atoms with E-state index in [9.17, 15) is 9.90 Å². The smallest absolute Gasteiger partial charge is 0.264 e. The topological polar surface area (TPSA) is 96.9 Å². The van der Waals surface area contributed by atoms with Crippen LogP contribution in [0.2, 0.25) is 0 Å². The van der Waals surface area contributed by atoms with Gasteiger partial charge in [0.05, 0.1) is 11.3 Å². The highest BCUT2D eigenvalue weighted by Gasteiger charge is 2.23. The molecule has 0 unspecified atom stereocenters. The molecule has 0 aliphatic heterocycles. The summed E-state index contributed by atoms with van der Waals surface area (Å²) in [5.74, 6) is 0.116. The minimum atomic E-state index is -0.434. The van der Waals surface area contributed by atoms with Gasteiger partial charge >= 0.3 is 0 Å². The van der Waals surface area contributed by atoms with Gasteiger partial charge in [-0.25, -0.2) is 4.68 Å². The van der Waals surface area contributed by atoms with Crippen LogP contribution in [0.5, 0.6) is 5.88 Å². The Bertz CT molecular complexity index is 967. The van der Waals surface area contributed by atoms with E-state index >= 15 is 0 Å². The van der Waals surface area contributed by atoms with E-state index in [4.69, 9.17) is 5.73 Å². The van der Waals surface area contributed by atoms with Gasteiger partial charge in [-0.3, -0.25) is 9.78 Å². The number of aromatic hydroxyl groups is 1. The van der Waals surface area contributed by atoms with Crippen LogP contribution in [-0.4, -0.2) is 19.9 Å². The second kappa shape index (κ2) is 4.49. The van der Waals surface area contributed by atoms with Crippen molar-refractivity contribution >= 4 is 22.3 Å². The molecule has 2 aromatic heterocycles. The number of pyridine rings is 1. The van der Waals surface area contributed by atoms with E-state index in [0.717, 1.165) is 24.1 Å². The maximum absolute atomic E-state index is 12.2. The summed E-state index contributed by atoms with van der Waals surface area (Å²) < 4.78 is 1.53. The molecule has 22 heavy (non-hydrogen) atoms. The number of aromatic amines is 1. The Labute approximate surface area is 125 Å². The molecule has 0 saturated carbocycles. The number of anilines is 1. The van der Waals surface area contributed by atoms with Crippen LogP contribution in [0.25, 0.3) is 22.2 Å². The van der Waals surface area contributed by atoms with Crippen molar-refractivity contribution in [2.75, 3.05) is 5.73 Å². The van der Waals surface area contributed by atoms with Crippen molar-refractivity contribution in [1.82, 2.24) is 14.8 Å². The van der Waals surface area contributed by atoms with Crippen LogP contribution in [0.15, 0.2) is 41.2 Å². The summed E-state index contributed by atoms with van der Waals surface area (Å²) in [4.78, 5) is 14.6. The van der Waals surface area contributed by atoms with Crippen molar-refractivity contribution in [3.05, 3.63) is 52.3 Å². The summed E-state index contributed by atoms with van der Waals surface area (Å²) in [5.41, 5.74) is 8.46. The van der Waals surface area contributed by atoms with Crippen LogP contribution in [0, 0.1) is 0 Å². The summed E-state index contributed by atoms with van der Waals surface area (Å²) in [6.07, 6.45) is 3.83. The average molecular weight is 294 g/mol. The number of para-hydroxylation sites is 1. The molecule has 0 bridgehead atoms. The zero-order valence-electron chi connectivity index (χ0n) is 11.7. The third kappa shape index (κ3) is 1.67. The number of H-pyrrole nitrogens is 1. The molecule has 0 spiro atoms. The molecule has 0 atom stereocenters. The molecule has 4 N–H and O–H groups in total. The molecule has 110 valence electrons. The lowest BCUT2D eigenvalue weighted by molar-refractivity contribution is 0.450. The van der Waals surface area contributed by atoms with Gasteiger partial charge in [0, 0.05) is 0 Å². The summed E-state index contributed by atoms with van der Waals surface area (Å²) in [6.45, 7) is 0. The number of nitrogens with two attached hydrogens (primary N) is 1. The average Bonchev–Trinajstić information content (AvgIpc) is 2.80. The summed E-state index contributed by atoms with van der Waals surface area (Å²) in [5, 5.41) is 14.9. The Hall–Kier alpha value is -3.02. The Balaban J connectivity index is 2.09. The van der Waals surface area contributed by atoms with Crippen LogP contribution in [0.4, 0.5) is 5.82 Å². The molecule has 1 aliphatic rings. The van der Waals surface area contributed by atoms with Crippen LogP contribution in [0.1, 0.15) is 18.4 Å². The fraction of sp³-hybridized carbons (Fsp3) is 0.125. The molecular weight excluding hydrogens is 280 g/mol. The van der Waals surface area contributed by atoms with Gasteiger partial charge in [-0.2, -0.15) is 5.10 Å². The van der Waals surface area contributed by atoms with Crippen molar-refractivity contribution in [2.24, 2.45) is 0 Å². The standard InChI is InChI=1S/C16H14N4O2/c17-14-12-13(19-20(14)10-7-2-1-3-8-10)11(9-5-4-6-9)15(21)18-16(12)22/h1-3,5,7-8,21H,4,6,17H2,(H,18,22). The van der Waals surface area contributed by atoms with Gasteiger partial charge in [-0.05, 0) is 30.5 Å². The Morgan fingerprint density at radius 2 is 2.00 bits per heavy atom. The Morgan fingerprint density at radius 3 is 2.64 bits per heavy atom. The number of nitrogens with zero attached hydrogens (tertiary/aromatic N) is 2. The van der Waals surface area contributed by atoms with Crippen molar-refractivity contribution in [3.8, 4) is 11.6 Å². The van der Waals surface area contributed by atoms with Crippen molar-refractivity contribution in [3.63, 3.8) is 0 Å². The number of rotatable bonds is 2. The molecule has 6 nitrogen and oxygen atoms in total.